The molecular weight excluding hydrogens is 426 g/mol. The lowest BCUT2D eigenvalue weighted by Gasteiger charge is -2.26. The number of nitrogens with one attached hydrogen (secondary N) is 1. The number of carbonyl (C=O) groups is 1. The molecule has 0 saturated carbocycles. The van der Waals surface area contributed by atoms with Crippen LogP contribution in [0.2, 0.25) is 0 Å². The van der Waals surface area contributed by atoms with Crippen LogP contribution >= 0.6 is 0 Å². The number of rotatable bonds is 14. The van der Waals surface area contributed by atoms with Gasteiger partial charge in [-0.1, -0.05) is 39.5 Å². The average molecular weight is 468 g/mol. The molecule has 0 bridgehead atoms. The maximum absolute atomic E-state index is 13.0. The van der Waals surface area contributed by atoms with E-state index in [1.807, 2.05) is 23.9 Å². The highest BCUT2D eigenvalue weighted by molar-refractivity contribution is 5.93. The number of carbonyl (C=O) groups excluding carboxylic acids is 1. The van der Waals surface area contributed by atoms with Crippen molar-refractivity contribution in [2.75, 3.05) is 19.6 Å². The molecule has 1 unspecified atom stereocenters. The molecule has 1 amide bonds. The Morgan fingerprint density at radius 2 is 1.82 bits per heavy atom. The number of unbranched alkanes of at least 4 members (excludes halogenated alkanes) is 4. The molecule has 0 radical (unpaired) electrons. The Kier molecular flexibility index (Phi) is 9.62. The van der Waals surface area contributed by atoms with Crippen LogP contribution in [-0.4, -0.2) is 60.9 Å². The van der Waals surface area contributed by atoms with Crippen molar-refractivity contribution in [3.05, 3.63) is 35.9 Å². The minimum atomic E-state index is -0.160. The SMILES string of the molecule is CCCCCN(CCCCC)CC(C)NC(=O)c1cc2nccc(-c3cnn(CC)c3C)n2n1. The van der Waals surface area contributed by atoms with E-state index >= 15 is 0 Å². The molecule has 1 atom stereocenters. The van der Waals surface area contributed by atoms with Gasteiger partial charge >= 0.3 is 0 Å². The van der Waals surface area contributed by atoms with Crippen molar-refractivity contribution in [2.24, 2.45) is 0 Å². The van der Waals surface area contributed by atoms with E-state index in [1.165, 1.54) is 38.5 Å². The van der Waals surface area contributed by atoms with Crippen LogP contribution in [0.3, 0.4) is 0 Å². The van der Waals surface area contributed by atoms with E-state index < -0.39 is 0 Å². The van der Waals surface area contributed by atoms with Crippen molar-refractivity contribution in [3.8, 4) is 11.3 Å². The monoisotopic (exact) mass is 467 g/mol. The predicted octanol–water partition coefficient (Wildman–Crippen LogP) is 4.72. The molecule has 3 aromatic rings. The lowest BCUT2D eigenvalue weighted by molar-refractivity contribution is 0.0923. The molecule has 186 valence electrons. The predicted molar refractivity (Wildman–Crippen MR) is 137 cm³/mol. The number of fused-ring (bicyclic) bond motifs is 1. The Balaban J connectivity index is 1.70. The molecule has 3 rings (SSSR count). The minimum Gasteiger partial charge on any atom is -0.347 e. The van der Waals surface area contributed by atoms with Gasteiger partial charge in [0.2, 0.25) is 0 Å². The first kappa shape index (κ1) is 25.9. The summed E-state index contributed by atoms with van der Waals surface area (Å²) in [6.45, 7) is 14.5. The summed E-state index contributed by atoms with van der Waals surface area (Å²) in [5.74, 6) is -0.160. The molecule has 8 heteroatoms. The second-order valence-electron chi connectivity index (χ2n) is 9.18. The molecule has 0 aliphatic carbocycles. The molecule has 0 aliphatic heterocycles. The van der Waals surface area contributed by atoms with Crippen molar-refractivity contribution in [1.29, 1.82) is 0 Å². The zero-order valence-electron chi connectivity index (χ0n) is 21.5. The van der Waals surface area contributed by atoms with E-state index in [0.717, 1.165) is 43.1 Å². The van der Waals surface area contributed by atoms with Gasteiger partial charge in [-0.25, -0.2) is 9.50 Å². The first-order valence-corrected chi connectivity index (χ1v) is 12.9. The van der Waals surface area contributed by atoms with E-state index in [4.69, 9.17) is 0 Å². The summed E-state index contributed by atoms with van der Waals surface area (Å²) in [5, 5.41) is 12.2. The maximum atomic E-state index is 13.0. The Labute approximate surface area is 203 Å². The molecule has 34 heavy (non-hydrogen) atoms. The molecule has 0 fully saturated rings. The maximum Gasteiger partial charge on any atom is 0.272 e. The second kappa shape index (κ2) is 12.6. The van der Waals surface area contributed by atoms with Gasteiger partial charge in [0.15, 0.2) is 11.3 Å². The molecule has 0 aromatic carbocycles. The van der Waals surface area contributed by atoms with Gasteiger partial charge in [0.25, 0.3) is 5.91 Å². The van der Waals surface area contributed by atoms with Crippen LogP contribution in [0.25, 0.3) is 16.9 Å². The fraction of sp³-hybridized carbons (Fsp3) is 0.615. The van der Waals surface area contributed by atoms with E-state index in [9.17, 15) is 4.79 Å². The molecule has 0 spiro atoms. The van der Waals surface area contributed by atoms with Crippen LogP contribution in [0.1, 0.15) is 82.4 Å². The normalized spacial score (nSPS) is 12.5. The van der Waals surface area contributed by atoms with Gasteiger partial charge in [-0.05, 0) is 52.8 Å². The number of hydrogen-bond acceptors (Lipinski definition) is 5. The summed E-state index contributed by atoms with van der Waals surface area (Å²) in [5.41, 5.74) is 3.98. The van der Waals surface area contributed by atoms with Crippen LogP contribution in [-0.2, 0) is 6.54 Å². The van der Waals surface area contributed by atoms with Gasteiger partial charge in [0.05, 0.1) is 11.9 Å². The van der Waals surface area contributed by atoms with Crippen molar-refractivity contribution >= 4 is 11.6 Å². The van der Waals surface area contributed by atoms with Gasteiger partial charge in [-0.15, -0.1) is 0 Å². The van der Waals surface area contributed by atoms with Crippen LogP contribution in [0.4, 0.5) is 0 Å². The van der Waals surface area contributed by atoms with Gasteiger partial charge in [-0.2, -0.15) is 10.2 Å². The summed E-state index contributed by atoms with van der Waals surface area (Å²) >= 11 is 0. The van der Waals surface area contributed by atoms with Crippen molar-refractivity contribution in [3.63, 3.8) is 0 Å². The molecular formula is C26H41N7O. The zero-order valence-corrected chi connectivity index (χ0v) is 21.5. The number of amides is 1. The van der Waals surface area contributed by atoms with Gasteiger partial charge in [-0.3, -0.25) is 9.48 Å². The topological polar surface area (TPSA) is 80.4 Å². The highest BCUT2D eigenvalue weighted by Gasteiger charge is 2.19. The molecule has 8 nitrogen and oxygen atoms in total. The highest BCUT2D eigenvalue weighted by atomic mass is 16.2. The zero-order chi connectivity index (χ0) is 24.5. The number of aromatic nitrogens is 5. The summed E-state index contributed by atoms with van der Waals surface area (Å²) in [6.07, 6.45) is 11.0. The quantitative estimate of drug-likeness (QED) is 0.347. The van der Waals surface area contributed by atoms with E-state index in [-0.39, 0.29) is 11.9 Å². The minimum absolute atomic E-state index is 0.0398. The first-order chi connectivity index (χ1) is 16.5. The summed E-state index contributed by atoms with van der Waals surface area (Å²) in [7, 11) is 0. The van der Waals surface area contributed by atoms with Crippen LogP contribution < -0.4 is 5.32 Å². The fourth-order valence-corrected chi connectivity index (χ4v) is 4.42. The summed E-state index contributed by atoms with van der Waals surface area (Å²) < 4.78 is 3.69. The van der Waals surface area contributed by atoms with Crippen LogP contribution in [0, 0.1) is 6.92 Å². The summed E-state index contributed by atoms with van der Waals surface area (Å²) in [6, 6.07) is 3.71. The number of hydrogen-bond donors (Lipinski definition) is 1. The smallest absolute Gasteiger partial charge is 0.272 e. The average Bonchev–Trinajstić information content (AvgIpc) is 3.42. The van der Waals surface area contributed by atoms with E-state index in [2.05, 4.69) is 53.1 Å². The van der Waals surface area contributed by atoms with Gasteiger partial charge in [0, 0.05) is 42.7 Å². The Morgan fingerprint density at radius 1 is 1.12 bits per heavy atom. The lowest BCUT2D eigenvalue weighted by Crippen LogP contribution is -2.42. The first-order valence-electron chi connectivity index (χ1n) is 12.9. The Morgan fingerprint density at radius 3 is 2.44 bits per heavy atom. The van der Waals surface area contributed by atoms with Gasteiger partial charge in [0.1, 0.15) is 0 Å². The van der Waals surface area contributed by atoms with Crippen LogP contribution in [0.5, 0.6) is 0 Å². The number of nitrogens with zero attached hydrogens (tertiary/aromatic N) is 6. The molecule has 3 heterocycles. The number of aryl methyl sites for hydroxylation is 1. The largest absolute Gasteiger partial charge is 0.347 e. The third-order valence-electron chi connectivity index (χ3n) is 6.33. The Hall–Kier alpha value is -2.74. The third kappa shape index (κ3) is 6.44. The lowest BCUT2D eigenvalue weighted by atomic mass is 10.2. The van der Waals surface area contributed by atoms with Gasteiger partial charge < -0.3 is 10.2 Å². The van der Waals surface area contributed by atoms with Crippen molar-refractivity contribution < 1.29 is 4.79 Å². The second-order valence-corrected chi connectivity index (χ2v) is 9.18. The molecule has 0 aliphatic rings. The van der Waals surface area contributed by atoms with Crippen molar-refractivity contribution in [1.82, 2.24) is 34.6 Å². The highest BCUT2D eigenvalue weighted by Crippen LogP contribution is 2.23. The van der Waals surface area contributed by atoms with Crippen molar-refractivity contribution in [2.45, 2.75) is 85.7 Å². The third-order valence-corrected chi connectivity index (χ3v) is 6.33. The van der Waals surface area contributed by atoms with E-state index in [1.54, 1.807) is 16.8 Å². The van der Waals surface area contributed by atoms with E-state index in [0.29, 0.717) is 11.3 Å². The standard InChI is InChI=1S/C26H41N7O/c1-6-9-11-15-31(16-12-10-7-2)19-20(4)29-26(34)23-17-25-27-14-13-24(33(25)30-23)22-18-28-32(8-3)21(22)5/h13-14,17-18,20H,6-12,15-16,19H2,1-5H3,(H,29,34). The molecule has 1 N–H and O–H groups in total. The molecule has 3 aromatic heterocycles. The fourth-order valence-electron chi connectivity index (χ4n) is 4.42. The molecule has 0 saturated heterocycles. The van der Waals surface area contributed by atoms with Crippen LogP contribution in [0.15, 0.2) is 24.5 Å². The summed E-state index contributed by atoms with van der Waals surface area (Å²) in [4.78, 5) is 20.0. The Bertz CT molecular complexity index is 1040.